The van der Waals surface area contributed by atoms with Crippen molar-refractivity contribution in [2.24, 2.45) is 0 Å². The van der Waals surface area contributed by atoms with E-state index in [9.17, 15) is 14.4 Å². The predicted molar refractivity (Wildman–Crippen MR) is 126 cm³/mol. The van der Waals surface area contributed by atoms with Crippen LogP contribution >= 0.6 is 11.6 Å². The highest BCUT2D eigenvalue weighted by atomic mass is 35.5. The Kier molecular flexibility index (Phi) is 8.09. The molecule has 1 aliphatic heterocycles. The minimum Gasteiger partial charge on any atom is -0.484 e. The van der Waals surface area contributed by atoms with Gasteiger partial charge in [-0.25, -0.2) is 14.8 Å². The number of benzene rings is 1. The largest absolute Gasteiger partial charge is 0.484 e. The fourth-order valence-corrected chi connectivity index (χ4v) is 4.02. The van der Waals surface area contributed by atoms with Crippen molar-refractivity contribution >= 4 is 29.4 Å². The summed E-state index contributed by atoms with van der Waals surface area (Å²) in [4.78, 5) is 50.6. The zero-order valence-electron chi connectivity index (χ0n) is 20.0. The molecule has 1 aromatic carbocycles. The van der Waals surface area contributed by atoms with Gasteiger partial charge in [0.2, 0.25) is 0 Å². The van der Waals surface area contributed by atoms with Crippen LogP contribution in [0.3, 0.4) is 0 Å². The molecular weight excluding hydrogens is 460 g/mol. The van der Waals surface area contributed by atoms with Gasteiger partial charge in [-0.05, 0) is 44.0 Å². The van der Waals surface area contributed by atoms with Crippen LogP contribution in [0, 0.1) is 6.92 Å². The van der Waals surface area contributed by atoms with Crippen molar-refractivity contribution in [3.8, 4) is 5.75 Å². The van der Waals surface area contributed by atoms with Gasteiger partial charge in [-0.15, -0.1) is 0 Å². The molecule has 0 aliphatic carbocycles. The number of carbonyl (C=O) groups is 3. The Balaban J connectivity index is 1.72. The lowest BCUT2D eigenvalue weighted by Gasteiger charge is -2.39. The van der Waals surface area contributed by atoms with E-state index in [0.717, 1.165) is 0 Å². The predicted octanol–water partition coefficient (Wildman–Crippen LogP) is 3.10. The van der Waals surface area contributed by atoms with E-state index in [-0.39, 0.29) is 41.6 Å². The molecule has 10 heteroatoms. The molecule has 0 bridgehead atoms. The molecule has 0 N–H and O–H groups in total. The van der Waals surface area contributed by atoms with Gasteiger partial charge in [0.05, 0.1) is 12.8 Å². The highest BCUT2D eigenvalue weighted by Crippen LogP contribution is 2.23. The number of hydrogen-bond acceptors (Lipinski definition) is 7. The van der Waals surface area contributed by atoms with Gasteiger partial charge in [0.15, 0.2) is 6.61 Å². The van der Waals surface area contributed by atoms with E-state index in [1.807, 2.05) is 20.8 Å². The topological polar surface area (TPSA) is 102 Å². The second-order valence-corrected chi connectivity index (χ2v) is 8.89. The molecule has 0 radical (unpaired) electrons. The fraction of sp³-hybridized carbons (Fsp3) is 0.458. The zero-order chi connectivity index (χ0) is 25.0. The monoisotopic (exact) mass is 488 g/mol. The summed E-state index contributed by atoms with van der Waals surface area (Å²) in [5, 5.41) is 0.586. The lowest BCUT2D eigenvalue weighted by Crippen LogP contribution is -2.56. The SMILES string of the molecule is COC(=O)c1c(C(=O)N2CCN(C(=O)COc3ccc(Cl)cc3)C(C)C2)nc(C)nc1C(C)C. The number of aryl methyl sites for hydroxylation is 1. The average molecular weight is 489 g/mol. The van der Waals surface area contributed by atoms with Crippen LogP contribution in [-0.4, -0.2) is 76.9 Å². The van der Waals surface area contributed by atoms with E-state index in [1.54, 1.807) is 41.0 Å². The molecule has 9 nitrogen and oxygen atoms in total. The molecule has 2 aromatic rings. The minimum atomic E-state index is -0.645. The van der Waals surface area contributed by atoms with Crippen LogP contribution in [0.4, 0.5) is 0 Å². The number of amides is 2. The summed E-state index contributed by atoms with van der Waals surface area (Å²) < 4.78 is 10.5. The maximum Gasteiger partial charge on any atom is 0.342 e. The van der Waals surface area contributed by atoms with E-state index in [1.165, 1.54) is 7.11 Å². The smallest absolute Gasteiger partial charge is 0.342 e. The van der Waals surface area contributed by atoms with Crippen molar-refractivity contribution in [1.82, 2.24) is 19.8 Å². The number of halogens is 1. The van der Waals surface area contributed by atoms with Crippen molar-refractivity contribution in [3.63, 3.8) is 0 Å². The van der Waals surface area contributed by atoms with E-state index in [2.05, 4.69) is 9.97 Å². The average Bonchev–Trinajstić information content (AvgIpc) is 2.81. The number of methoxy groups -OCH3 is 1. The van der Waals surface area contributed by atoms with Crippen LogP contribution in [0.1, 0.15) is 59.1 Å². The lowest BCUT2D eigenvalue weighted by molar-refractivity contribution is -0.137. The van der Waals surface area contributed by atoms with Crippen LogP contribution in [0.15, 0.2) is 24.3 Å². The Morgan fingerprint density at radius 1 is 1.15 bits per heavy atom. The highest BCUT2D eigenvalue weighted by molar-refractivity contribution is 6.30. The lowest BCUT2D eigenvalue weighted by atomic mass is 10.0. The van der Waals surface area contributed by atoms with Crippen molar-refractivity contribution in [2.45, 2.75) is 39.7 Å². The van der Waals surface area contributed by atoms with E-state index < -0.39 is 5.97 Å². The number of hydrogen-bond donors (Lipinski definition) is 0. The van der Waals surface area contributed by atoms with Crippen LogP contribution < -0.4 is 4.74 Å². The molecule has 182 valence electrons. The maximum absolute atomic E-state index is 13.4. The van der Waals surface area contributed by atoms with Crippen molar-refractivity contribution in [2.75, 3.05) is 33.4 Å². The molecule has 1 fully saturated rings. The third-order valence-corrected chi connectivity index (χ3v) is 5.85. The molecule has 1 aromatic heterocycles. The maximum atomic E-state index is 13.4. The van der Waals surface area contributed by atoms with Gasteiger partial charge < -0.3 is 19.3 Å². The van der Waals surface area contributed by atoms with Crippen LogP contribution in [0.25, 0.3) is 0 Å². The summed E-state index contributed by atoms with van der Waals surface area (Å²) in [5.41, 5.74) is 0.598. The number of ether oxygens (including phenoxy) is 2. The van der Waals surface area contributed by atoms with E-state index in [4.69, 9.17) is 21.1 Å². The Morgan fingerprint density at radius 3 is 2.41 bits per heavy atom. The number of esters is 1. The molecule has 2 heterocycles. The number of rotatable bonds is 6. The summed E-state index contributed by atoms with van der Waals surface area (Å²) in [6.07, 6.45) is 0. The number of aromatic nitrogens is 2. The normalized spacial score (nSPS) is 15.9. The summed E-state index contributed by atoms with van der Waals surface area (Å²) in [7, 11) is 1.26. The number of nitrogens with zero attached hydrogens (tertiary/aromatic N) is 4. The zero-order valence-corrected chi connectivity index (χ0v) is 20.8. The summed E-state index contributed by atoms with van der Waals surface area (Å²) in [5.74, 6) is -0.353. The third-order valence-electron chi connectivity index (χ3n) is 5.60. The Labute approximate surface area is 204 Å². The van der Waals surface area contributed by atoms with Crippen molar-refractivity contribution in [3.05, 3.63) is 52.1 Å². The van der Waals surface area contributed by atoms with Gasteiger partial charge in [-0.2, -0.15) is 0 Å². The quantitative estimate of drug-likeness (QED) is 0.575. The third kappa shape index (κ3) is 5.64. The van der Waals surface area contributed by atoms with Gasteiger partial charge in [0.1, 0.15) is 22.8 Å². The summed E-state index contributed by atoms with van der Waals surface area (Å²) in [6, 6.07) is 6.54. The minimum absolute atomic E-state index is 0.0288. The van der Waals surface area contributed by atoms with Gasteiger partial charge in [-0.3, -0.25) is 9.59 Å². The first kappa shape index (κ1) is 25.4. The molecule has 1 aliphatic rings. The van der Waals surface area contributed by atoms with Crippen LogP contribution in [0.2, 0.25) is 5.02 Å². The van der Waals surface area contributed by atoms with Crippen LogP contribution in [0.5, 0.6) is 5.75 Å². The molecule has 0 saturated carbocycles. The molecule has 34 heavy (non-hydrogen) atoms. The van der Waals surface area contributed by atoms with Gasteiger partial charge in [0, 0.05) is 30.7 Å². The molecule has 1 atom stereocenters. The standard InChI is InChI=1S/C24H29ClN4O5/c1-14(2)21-20(24(32)33-5)22(27-16(4)26-21)23(31)28-10-11-29(15(3)12-28)19(30)13-34-18-8-6-17(25)7-9-18/h6-9,14-15H,10-13H2,1-5H3. The molecular formula is C24H29ClN4O5. The molecule has 0 spiro atoms. The Bertz CT molecular complexity index is 1070. The number of piperazine rings is 1. The highest BCUT2D eigenvalue weighted by Gasteiger charge is 2.34. The first-order valence-electron chi connectivity index (χ1n) is 11.1. The van der Waals surface area contributed by atoms with E-state index in [0.29, 0.717) is 41.9 Å². The second-order valence-electron chi connectivity index (χ2n) is 8.46. The molecule has 1 unspecified atom stereocenters. The van der Waals surface area contributed by atoms with Crippen LogP contribution in [-0.2, 0) is 9.53 Å². The Morgan fingerprint density at radius 2 is 1.82 bits per heavy atom. The van der Waals surface area contributed by atoms with Crippen molar-refractivity contribution in [1.29, 1.82) is 0 Å². The van der Waals surface area contributed by atoms with Gasteiger partial charge >= 0.3 is 5.97 Å². The van der Waals surface area contributed by atoms with Gasteiger partial charge in [0.25, 0.3) is 11.8 Å². The van der Waals surface area contributed by atoms with Gasteiger partial charge in [-0.1, -0.05) is 25.4 Å². The number of carbonyl (C=O) groups excluding carboxylic acids is 3. The second kappa shape index (κ2) is 10.8. The summed E-state index contributed by atoms with van der Waals surface area (Å²) in [6.45, 7) is 8.15. The first-order chi connectivity index (χ1) is 16.1. The molecule has 2 amide bonds. The molecule has 3 rings (SSSR count). The van der Waals surface area contributed by atoms with E-state index >= 15 is 0 Å². The first-order valence-corrected chi connectivity index (χ1v) is 11.4. The Hall–Kier alpha value is -3.20. The fourth-order valence-electron chi connectivity index (χ4n) is 3.89. The molecule has 1 saturated heterocycles. The summed E-state index contributed by atoms with van der Waals surface area (Å²) >= 11 is 5.87. The van der Waals surface area contributed by atoms with Crippen molar-refractivity contribution < 1.29 is 23.9 Å².